The molecule has 0 aliphatic heterocycles. The summed E-state index contributed by atoms with van der Waals surface area (Å²) in [6.45, 7) is 0. The molecular weight excluding hydrogens is 235 g/mol. The Hall–Kier alpha value is -0.840. The predicted octanol–water partition coefficient (Wildman–Crippen LogP) is 3.89. The van der Waals surface area contributed by atoms with E-state index < -0.39 is 0 Å². The van der Waals surface area contributed by atoms with E-state index in [-0.39, 0.29) is 0 Å². The summed E-state index contributed by atoms with van der Waals surface area (Å²) in [6, 6.07) is 18.8. The third-order valence-electron chi connectivity index (χ3n) is 2.41. The van der Waals surface area contributed by atoms with Crippen molar-refractivity contribution in [3.8, 4) is 0 Å². The van der Waals surface area contributed by atoms with Crippen LogP contribution in [0.1, 0.15) is 5.56 Å². The first-order valence-corrected chi connectivity index (χ1v) is 6.96. The quantitative estimate of drug-likeness (QED) is 0.721. The molecule has 0 spiro atoms. The Bertz CT molecular complexity index is 439. The van der Waals surface area contributed by atoms with Crippen molar-refractivity contribution in [1.29, 1.82) is 0 Å². The van der Waals surface area contributed by atoms with E-state index in [4.69, 9.17) is 11.6 Å². The summed E-state index contributed by atoms with van der Waals surface area (Å²) in [6.07, 6.45) is 2.30. The highest BCUT2D eigenvalue weighted by Gasteiger charge is 1.95. The normalized spacial score (nSPS) is 11.1. The van der Waals surface area contributed by atoms with Crippen LogP contribution in [-0.4, -0.2) is 6.16 Å². The van der Waals surface area contributed by atoms with Crippen molar-refractivity contribution >= 4 is 25.5 Å². The summed E-state index contributed by atoms with van der Waals surface area (Å²) >= 11 is 5.94. The second-order valence-corrected chi connectivity index (χ2v) is 5.54. The molecule has 1 atom stereocenters. The lowest BCUT2D eigenvalue weighted by Crippen LogP contribution is -1.95. The van der Waals surface area contributed by atoms with Gasteiger partial charge in [-0.05, 0) is 35.6 Å². The number of aryl methyl sites for hydroxylation is 1. The highest BCUT2D eigenvalue weighted by molar-refractivity contribution is 7.47. The van der Waals surface area contributed by atoms with Gasteiger partial charge in [0.25, 0.3) is 0 Å². The predicted molar refractivity (Wildman–Crippen MR) is 74.4 cm³/mol. The molecule has 0 bridgehead atoms. The second kappa shape index (κ2) is 6.03. The summed E-state index contributed by atoms with van der Waals surface area (Å²) in [5, 5.41) is 2.27. The topological polar surface area (TPSA) is 0 Å². The molecule has 0 saturated carbocycles. The van der Waals surface area contributed by atoms with Crippen molar-refractivity contribution in [2.24, 2.45) is 0 Å². The Morgan fingerprint density at radius 3 is 2.50 bits per heavy atom. The van der Waals surface area contributed by atoms with Gasteiger partial charge in [0, 0.05) is 5.02 Å². The number of halogens is 1. The molecule has 0 aromatic heterocycles. The fourth-order valence-electron chi connectivity index (χ4n) is 1.60. The van der Waals surface area contributed by atoms with Crippen molar-refractivity contribution in [2.75, 3.05) is 6.16 Å². The fraction of sp³-hybridized carbons (Fsp3) is 0.143. The number of rotatable bonds is 4. The van der Waals surface area contributed by atoms with Gasteiger partial charge in [-0.2, -0.15) is 0 Å². The van der Waals surface area contributed by atoms with Crippen molar-refractivity contribution in [2.45, 2.75) is 6.42 Å². The maximum atomic E-state index is 5.94. The van der Waals surface area contributed by atoms with Crippen molar-refractivity contribution in [3.05, 3.63) is 65.2 Å². The first-order chi connectivity index (χ1) is 7.84. The highest BCUT2D eigenvalue weighted by Crippen LogP contribution is 2.15. The van der Waals surface area contributed by atoms with Gasteiger partial charge in [0.2, 0.25) is 0 Å². The molecular formula is C14H14ClP. The van der Waals surface area contributed by atoms with Gasteiger partial charge in [0.05, 0.1) is 0 Å². The molecule has 2 rings (SSSR count). The standard InChI is InChI=1S/C14H14ClP/c15-13-6-4-5-12(11-13)9-10-16-14-7-2-1-3-8-14/h1-8,11,16H,9-10H2. The summed E-state index contributed by atoms with van der Waals surface area (Å²) < 4.78 is 0. The number of hydrogen-bond acceptors (Lipinski definition) is 0. The average molecular weight is 249 g/mol. The lowest BCUT2D eigenvalue weighted by atomic mass is 10.2. The molecule has 2 heteroatoms. The Morgan fingerprint density at radius 1 is 0.938 bits per heavy atom. The van der Waals surface area contributed by atoms with Gasteiger partial charge in [-0.25, -0.2) is 0 Å². The Balaban J connectivity index is 1.85. The minimum atomic E-state index is 0.834. The van der Waals surface area contributed by atoms with E-state index >= 15 is 0 Å². The zero-order chi connectivity index (χ0) is 11.2. The van der Waals surface area contributed by atoms with Crippen molar-refractivity contribution in [1.82, 2.24) is 0 Å². The van der Waals surface area contributed by atoms with E-state index in [1.54, 1.807) is 0 Å². The minimum Gasteiger partial charge on any atom is -0.0901 e. The van der Waals surface area contributed by atoms with E-state index in [1.807, 2.05) is 12.1 Å². The Kier molecular flexibility index (Phi) is 4.39. The molecule has 0 radical (unpaired) electrons. The molecule has 82 valence electrons. The first kappa shape index (κ1) is 11.6. The molecule has 0 aliphatic rings. The first-order valence-electron chi connectivity index (χ1n) is 5.38. The van der Waals surface area contributed by atoms with Crippen LogP contribution >= 0.6 is 20.2 Å². The summed E-state index contributed by atoms with van der Waals surface area (Å²) in [5.41, 5.74) is 1.33. The van der Waals surface area contributed by atoms with E-state index in [0.29, 0.717) is 0 Å². The molecule has 0 heterocycles. The molecule has 0 aliphatic carbocycles. The lowest BCUT2D eigenvalue weighted by Gasteiger charge is -2.02. The average Bonchev–Trinajstić information content (AvgIpc) is 2.30. The molecule has 0 fully saturated rings. The maximum Gasteiger partial charge on any atom is 0.0408 e. The van der Waals surface area contributed by atoms with Gasteiger partial charge in [-0.1, -0.05) is 62.6 Å². The summed E-state index contributed by atoms with van der Waals surface area (Å²) in [7, 11) is 0.884. The lowest BCUT2D eigenvalue weighted by molar-refractivity contribution is 1.16. The van der Waals surface area contributed by atoms with Gasteiger partial charge in [-0.15, -0.1) is 0 Å². The molecule has 0 saturated heterocycles. The van der Waals surface area contributed by atoms with Crippen LogP contribution in [0.5, 0.6) is 0 Å². The van der Waals surface area contributed by atoms with Crippen LogP contribution < -0.4 is 5.30 Å². The van der Waals surface area contributed by atoms with Crippen LogP contribution in [0.2, 0.25) is 5.02 Å². The monoisotopic (exact) mass is 248 g/mol. The molecule has 0 N–H and O–H groups in total. The largest absolute Gasteiger partial charge is 0.0901 e. The molecule has 2 aromatic carbocycles. The second-order valence-electron chi connectivity index (χ2n) is 3.67. The van der Waals surface area contributed by atoms with Gasteiger partial charge < -0.3 is 0 Å². The minimum absolute atomic E-state index is 0.834. The molecule has 0 amide bonds. The van der Waals surface area contributed by atoms with Crippen molar-refractivity contribution < 1.29 is 0 Å². The van der Waals surface area contributed by atoms with Gasteiger partial charge in [0.1, 0.15) is 0 Å². The Labute approximate surface area is 103 Å². The third-order valence-corrected chi connectivity index (χ3v) is 3.88. The van der Waals surface area contributed by atoms with Crippen LogP contribution in [0.4, 0.5) is 0 Å². The van der Waals surface area contributed by atoms with Crippen LogP contribution in [0, 0.1) is 0 Å². The van der Waals surface area contributed by atoms with Crippen LogP contribution in [0.25, 0.3) is 0 Å². The zero-order valence-corrected chi connectivity index (χ0v) is 10.7. The molecule has 16 heavy (non-hydrogen) atoms. The SMILES string of the molecule is Clc1cccc(CCPc2ccccc2)c1. The fourth-order valence-corrected chi connectivity index (χ4v) is 2.94. The van der Waals surface area contributed by atoms with E-state index in [0.717, 1.165) is 20.0 Å². The molecule has 1 unspecified atom stereocenters. The highest BCUT2D eigenvalue weighted by atomic mass is 35.5. The van der Waals surface area contributed by atoms with Crippen molar-refractivity contribution in [3.63, 3.8) is 0 Å². The van der Waals surface area contributed by atoms with E-state index in [1.165, 1.54) is 17.0 Å². The van der Waals surface area contributed by atoms with E-state index in [9.17, 15) is 0 Å². The van der Waals surface area contributed by atoms with E-state index in [2.05, 4.69) is 42.5 Å². The van der Waals surface area contributed by atoms with Gasteiger partial charge >= 0.3 is 0 Å². The number of hydrogen-bond donors (Lipinski definition) is 0. The summed E-state index contributed by atoms with van der Waals surface area (Å²) in [5.74, 6) is 0. The molecule has 2 aromatic rings. The number of benzene rings is 2. The third kappa shape index (κ3) is 3.63. The van der Waals surface area contributed by atoms with Crippen LogP contribution in [0.15, 0.2) is 54.6 Å². The van der Waals surface area contributed by atoms with Gasteiger partial charge in [0.15, 0.2) is 0 Å². The van der Waals surface area contributed by atoms with Gasteiger partial charge in [-0.3, -0.25) is 0 Å². The summed E-state index contributed by atoms with van der Waals surface area (Å²) in [4.78, 5) is 0. The zero-order valence-electron chi connectivity index (χ0n) is 8.99. The maximum absolute atomic E-state index is 5.94. The Morgan fingerprint density at radius 2 is 1.75 bits per heavy atom. The van der Waals surface area contributed by atoms with Crippen LogP contribution in [-0.2, 0) is 6.42 Å². The molecule has 0 nitrogen and oxygen atoms in total. The van der Waals surface area contributed by atoms with Crippen LogP contribution in [0.3, 0.4) is 0 Å². The smallest absolute Gasteiger partial charge is 0.0408 e.